The average molecular weight is 280 g/mol. The molecule has 4 heteroatoms. The van der Waals surface area contributed by atoms with Gasteiger partial charge in [0, 0.05) is 23.3 Å². The molecular weight excluding hydrogens is 260 g/mol. The lowest BCUT2D eigenvalue weighted by atomic mass is 9.93. The molecule has 0 saturated heterocycles. The predicted molar refractivity (Wildman–Crippen MR) is 80.5 cm³/mol. The van der Waals surface area contributed by atoms with Crippen LogP contribution < -0.4 is 5.73 Å². The number of nitrogens with zero attached hydrogens (tertiary/aromatic N) is 1. The third-order valence-electron chi connectivity index (χ3n) is 2.83. The van der Waals surface area contributed by atoms with Gasteiger partial charge in [0.15, 0.2) is 0 Å². The quantitative estimate of drug-likeness (QED) is 0.929. The zero-order chi connectivity index (χ0) is 13.2. The molecule has 18 heavy (non-hydrogen) atoms. The van der Waals surface area contributed by atoms with Gasteiger partial charge < -0.3 is 5.73 Å². The van der Waals surface area contributed by atoms with Crippen LogP contribution in [0.2, 0.25) is 0 Å². The van der Waals surface area contributed by atoms with Crippen LogP contribution in [-0.4, -0.2) is 11.0 Å². The van der Waals surface area contributed by atoms with Crippen molar-refractivity contribution in [3.8, 4) is 0 Å². The van der Waals surface area contributed by atoms with Crippen molar-refractivity contribution in [2.75, 3.05) is 0 Å². The summed E-state index contributed by atoms with van der Waals surface area (Å²) >= 11 is 3.46. The maximum Gasteiger partial charge on any atom is 0.0944 e. The Kier molecular flexibility index (Phi) is 4.20. The molecule has 2 heterocycles. The first-order chi connectivity index (χ1) is 8.45. The Bertz CT molecular complexity index is 480. The molecule has 0 aliphatic carbocycles. The number of rotatable bonds is 4. The summed E-state index contributed by atoms with van der Waals surface area (Å²) < 4.78 is 0. The van der Waals surface area contributed by atoms with E-state index in [4.69, 9.17) is 10.7 Å². The average Bonchev–Trinajstić information content (AvgIpc) is 2.87. The highest BCUT2D eigenvalue weighted by atomic mass is 32.1. The molecule has 0 amide bonds. The fourth-order valence-electron chi connectivity index (χ4n) is 1.76. The minimum atomic E-state index is 0.131. The molecule has 2 nitrogen and oxygen atoms in total. The third-order valence-corrected chi connectivity index (χ3v) is 4.44. The van der Waals surface area contributed by atoms with E-state index in [1.54, 1.807) is 22.7 Å². The zero-order valence-electron chi connectivity index (χ0n) is 11.1. The van der Waals surface area contributed by atoms with Gasteiger partial charge in [-0.3, -0.25) is 0 Å². The fourth-order valence-corrected chi connectivity index (χ4v) is 3.55. The zero-order valence-corrected chi connectivity index (χ0v) is 12.8. The Morgan fingerprint density at radius 2 is 2.06 bits per heavy atom. The van der Waals surface area contributed by atoms with Crippen molar-refractivity contribution in [3.63, 3.8) is 0 Å². The number of thiazole rings is 1. The standard InChI is InChI=1S/C14H20N2S2/c1-14(2,3)12-9-18-13(16-12)7-11(15)6-10-4-5-17-8-10/h4-5,8-9,11H,6-7,15H2,1-3H3. The molecule has 1 atom stereocenters. The summed E-state index contributed by atoms with van der Waals surface area (Å²) in [6, 6.07) is 2.31. The normalized spacial score (nSPS) is 13.8. The van der Waals surface area contributed by atoms with Gasteiger partial charge in [0.2, 0.25) is 0 Å². The van der Waals surface area contributed by atoms with E-state index in [0.29, 0.717) is 0 Å². The van der Waals surface area contributed by atoms with E-state index in [2.05, 4.69) is 43.0 Å². The van der Waals surface area contributed by atoms with E-state index in [-0.39, 0.29) is 11.5 Å². The molecule has 0 saturated carbocycles. The van der Waals surface area contributed by atoms with Crippen LogP contribution >= 0.6 is 22.7 Å². The Hall–Kier alpha value is -0.710. The molecule has 0 radical (unpaired) electrons. The van der Waals surface area contributed by atoms with Crippen molar-refractivity contribution in [1.29, 1.82) is 0 Å². The molecule has 0 fully saturated rings. The van der Waals surface area contributed by atoms with Gasteiger partial charge in [0.05, 0.1) is 10.7 Å². The van der Waals surface area contributed by atoms with Crippen LogP contribution in [0, 0.1) is 0 Å². The van der Waals surface area contributed by atoms with Gasteiger partial charge in [-0.15, -0.1) is 11.3 Å². The molecule has 0 aliphatic heterocycles. The molecule has 2 N–H and O–H groups in total. The lowest BCUT2D eigenvalue weighted by Gasteiger charge is -2.14. The van der Waals surface area contributed by atoms with Crippen LogP contribution in [0.25, 0.3) is 0 Å². The Labute approximate surface area is 117 Å². The van der Waals surface area contributed by atoms with Gasteiger partial charge in [-0.05, 0) is 28.8 Å². The van der Waals surface area contributed by atoms with Crippen LogP contribution in [0.5, 0.6) is 0 Å². The first kappa shape index (κ1) is 13.7. The lowest BCUT2D eigenvalue weighted by Crippen LogP contribution is -2.25. The second-order valence-corrected chi connectivity index (χ2v) is 7.40. The molecule has 98 valence electrons. The topological polar surface area (TPSA) is 38.9 Å². The molecule has 0 aliphatic rings. The van der Waals surface area contributed by atoms with Crippen molar-refractivity contribution in [2.24, 2.45) is 5.73 Å². The predicted octanol–water partition coefficient (Wildman–Crippen LogP) is 3.61. The number of nitrogens with two attached hydrogens (primary N) is 1. The van der Waals surface area contributed by atoms with Crippen molar-refractivity contribution in [1.82, 2.24) is 4.98 Å². The second kappa shape index (κ2) is 5.51. The molecule has 2 rings (SSSR count). The van der Waals surface area contributed by atoms with Crippen LogP contribution in [0.1, 0.15) is 37.0 Å². The summed E-state index contributed by atoms with van der Waals surface area (Å²) in [6.45, 7) is 6.57. The van der Waals surface area contributed by atoms with Crippen molar-refractivity contribution in [2.45, 2.75) is 45.1 Å². The Balaban J connectivity index is 1.95. The highest BCUT2D eigenvalue weighted by molar-refractivity contribution is 7.09. The summed E-state index contributed by atoms with van der Waals surface area (Å²) in [7, 11) is 0. The van der Waals surface area contributed by atoms with Gasteiger partial charge >= 0.3 is 0 Å². The van der Waals surface area contributed by atoms with Crippen LogP contribution in [-0.2, 0) is 18.3 Å². The Morgan fingerprint density at radius 1 is 1.28 bits per heavy atom. The van der Waals surface area contributed by atoms with Gasteiger partial charge in [-0.25, -0.2) is 4.98 Å². The SMILES string of the molecule is CC(C)(C)c1csc(CC(N)Cc2ccsc2)n1. The molecular formula is C14H20N2S2. The van der Waals surface area contributed by atoms with E-state index in [9.17, 15) is 0 Å². The first-order valence-corrected chi connectivity index (χ1v) is 7.99. The molecule has 0 spiro atoms. The first-order valence-electron chi connectivity index (χ1n) is 6.16. The maximum absolute atomic E-state index is 6.19. The second-order valence-electron chi connectivity index (χ2n) is 5.68. The molecule has 2 aromatic heterocycles. The van der Waals surface area contributed by atoms with E-state index >= 15 is 0 Å². The Morgan fingerprint density at radius 3 is 2.61 bits per heavy atom. The molecule has 0 aromatic carbocycles. The maximum atomic E-state index is 6.19. The van der Waals surface area contributed by atoms with Gasteiger partial charge in [-0.1, -0.05) is 20.8 Å². The van der Waals surface area contributed by atoms with Crippen molar-refractivity contribution >= 4 is 22.7 Å². The van der Waals surface area contributed by atoms with E-state index in [0.717, 1.165) is 17.8 Å². The van der Waals surface area contributed by atoms with Crippen LogP contribution in [0.3, 0.4) is 0 Å². The van der Waals surface area contributed by atoms with E-state index in [1.807, 2.05) is 0 Å². The van der Waals surface area contributed by atoms with E-state index < -0.39 is 0 Å². The monoisotopic (exact) mass is 280 g/mol. The van der Waals surface area contributed by atoms with Gasteiger partial charge in [0.25, 0.3) is 0 Å². The largest absolute Gasteiger partial charge is 0.327 e. The number of thiophene rings is 1. The summed E-state index contributed by atoms with van der Waals surface area (Å²) in [5, 5.41) is 7.58. The fraction of sp³-hybridized carbons (Fsp3) is 0.500. The summed E-state index contributed by atoms with van der Waals surface area (Å²) in [4.78, 5) is 4.69. The van der Waals surface area contributed by atoms with Gasteiger partial charge in [0.1, 0.15) is 0 Å². The van der Waals surface area contributed by atoms with Crippen LogP contribution in [0.4, 0.5) is 0 Å². The number of aromatic nitrogens is 1. The summed E-state index contributed by atoms with van der Waals surface area (Å²) in [6.07, 6.45) is 1.81. The number of hydrogen-bond acceptors (Lipinski definition) is 4. The molecule has 2 aromatic rings. The number of hydrogen-bond donors (Lipinski definition) is 1. The van der Waals surface area contributed by atoms with Crippen LogP contribution in [0.15, 0.2) is 22.2 Å². The highest BCUT2D eigenvalue weighted by Gasteiger charge is 2.18. The summed E-state index contributed by atoms with van der Waals surface area (Å²) in [5.74, 6) is 0. The summed E-state index contributed by atoms with van der Waals surface area (Å²) in [5.41, 5.74) is 8.82. The highest BCUT2D eigenvalue weighted by Crippen LogP contribution is 2.24. The minimum absolute atomic E-state index is 0.131. The lowest BCUT2D eigenvalue weighted by molar-refractivity contribution is 0.567. The van der Waals surface area contributed by atoms with Gasteiger partial charge in [-0.2, -0.15) is 11.3 Å². The van der Waals surface area contributed by atoms with Crippen molar-refractivity contribution < 1.29 is 0 Å². The molecule has 1 unspecified atom stereocenters. The van der Waals surface area contributed by atoms with E-state index in [1.165, 1.54) is 11.3 Å². The van der Waals surface area contributed by atoms with Crippen molar-refractivity contribution in [3.05, 3.63) is 38.5 Å². The minimum Gasteiger partial charge on any atom is -0.327 e. The smallest absolute Gasteiger partial charge is 0.0944 e. The third kappa shape index (κ3) is 3.64. The molecule has 0 bridgehead atoms.